The van der Waals surface area contributed by atoms with E-state index in [4.69, 9.17) is 5.11 Å². The van der Waals surface area contributed by atoms with Crippen molar-refractivity contribution in [2.75, 3.05) is 19.6 Å². The Bertz CT molecular complexity index is 1230. The van der Waals surface area contributed by atoms with Crippen LogP contribution in [0.15, 0.2) is 48.5 Å². The number of benzene rings is 2. The summed E-state index contributed by atoms with van der Waals surface area (Å²) in [5.74, 6) is -1.02. The van der Waals surface area contributed by atoms with Crippen molar-refractivity contribution in [2.45, 2.75) is 94.9 Å². The Kier molecular flexibility index (Phi) is 8.80. The predicted molar refractivity (Wildman–Crippen MR) is 157 cm³/mol. The summed E-state index contributed by atoms with van der Waals surface area (Å²) in [6, 6.07) is 14.5. The first-order valence-electron chi connectivity index (χ1n) is 15.2. The third kappa shape index (κ3) is 6.33. The largest absolute Gasteiger partial charge is 0.478 e. The van der Waals surface area contributed by atoms with Crippen molar-refractivity contribution in [3.8, 4) is 11.1 Å². The smallest absolute Gasteiger partial charge is 0.335 e. The van der Waals surface area contributed by atoms with Crippen molar-refractivity contribution < 1.29 is 24.6 Å². The fraction of sp³-hybridized carbons (Fsp3) is 0.545. The van der Waals surface area contributed by atoms with E-state index in [1.165, 1.54) is 5.56 Å². The Morgan fingerprint density at radius 1 is 0.927 bits per heavy atom. The number of piperidine rings is 1. The highest BCUT2D eigenvalue weighted by molar-refractivity contribution is 6.00. The van der Waals surface area contributed by atoms with Gasteiger partial charge < -0.3 is 20.4 Å². The molecule has 2 aromatic carbocycles. The Morgan fingerprint density at radius 2 is 1.54 bits per heavy atom. The molecular weight excluding hydrogens is 518 g/mol. The molecule has 1 saturated carbocycles. The molecule has 3 fully saturated rings. The summed E-state index contributed by atoms with van der Waals surface area (Å²) in [6.45, 7) is 4.87. The molecule has 0 unspecified atom stereocenters. The van der Waals surface area contributed by atoms with Crippen LogP contribution in [0.2, 0.25) is 0 Å². The van der Waals surface area contributed by atoms with E-state index in [9.17, 15) is 19.5 Å². The number of carboxylic acid groups (broad SMARTS) is 1. The number of carbonyl (C=O) groups is 3. The van der Waals surface area contributed by atoms with Gasteiger partial charge in [-0.25, -0.2) is 4.79 Å². The summed E-state index contributed by atoms with van der Waals surface area (Å²) >= 11 is 0. The van der Waals surface area contributed by atoms with Crippen LogP contribution in [-0.2, 0) is 16.1 Å². The molecule has 0 bridgehead atoms. The average Bonchev–Trinajstić information content (AvgIpc) is 2.98. The Labute approximate surface area is 242 Å². The maximum absolute atomic E-state index is 13.8. The maximum Gasteiger partial charge on any atom is 0.335 e. The van der Waals surface area contributed by atoms with E-state index in [2.05, 4.69) is 41.4 Å². The summed E-state index contributed by atoms with van der Waals surface area (Å²) < 4.78 is 0. The van der Waals surface area contributed by atoms with Crippen LogP contribution in [0.1, 0.15) is 87.1 Å². The SMILES string of the molecule is CCCCN1C(=O)[C@@H](CC2(O)CCCCC2)NC(=O)C12CCN(Cc1ccc(-c3ccc(C(=O)O)cc3)cc1)CC2. The molecule has 1 spiro atoms. The van der Waals surface area contributed by atoms with Crippen molar-refractivity contribution in [2.24, 2.45) is 0 Å². The first-order valence-corrected chi connectivity index (χ1v) is 15.2. The number of nitrogens with zero attached hydrogens (tertiary/aromatic N) is 2. The number of hydrogen-bond donors (Lipinski definition) is 3. The fourth-order valence-electron chi connectivity index (χ4n) is 6.89. The van der Waals surface area contributed by atoms with E-state index in [1.807, 2.05) is 17.0 Å². The van der Waals surface area contributed by atoms with Crippen molar-refractivity contribution in [1.29, 1.82) is 0 Å². The van der Waals surface area contributed by atoms with Crippen LogP contribution < -0.4 is 5.32 Å². The molecule has 1 aliphatic carbocycles. The van der Waals surface area contributed by atoms with Crippen LogP contribution in [-0.4, -0.2) is 74.6 Å². The molecule has 2 heterocycles. The van der Waals surface area contributed by atoms with Crippen LogP contribution >= 0.6 is 0 Å². The quantitative estimate of drug-likeness (QED) is 0.413. The minimum absolute atomic E-state index is 0.0301. The van der Waals surface area contributed by atoms with Gasteiger partial charge in [0.2, 0.25) is 11.8 Å². The van der Waals surface area contributed by atoms with Gasteiger partial charge in [-0.3, -0.25) is 14.5 Å². The van der Waals surface area contributed by atoms with Gasteiger partial charge in [-0.15, -0.1) is 0 Å². The molecule has 0 aromatic heterocycles. The number of hydrogen-bond acceptors (Lipinski definition) is 5. The van der Waals surface area contributed by atoms with E-state index < -0.39 is 23.2 Å². The summed E-state index contributed by atoms with van der Waals surface area (Å²) in [6.07, 6.45) is 7.73. The van der Waals surface area contributed by atoms with Crippen molar-refractivity contribution in [3.63, 3.8) is 0 Å². The van der Waals surface area contributed by atoms with Crippen LogP contribution in [0, 0.1) is 0 Å². The molecule has 3 aliphatic rings. The van der Waals surface area contributed by atoms with Gasteiger partial charge in [-0.1, -0.05) is 69.0 Å². The van der Waals surface area contributed by atoms with Crippen molar-refractivity contribution in [3.05, 3.63) is 59.7 Å². The monoisotopic (exact) mass is 561 g/mol. The molecular formula is C33H43N3O5. The Hall–Kier alpha value is -3.23. The van der Waals surface area contributed by atoms with Gasteiger partial charge in [-0.05, 0) is 60.9 Å². The minimum Gasteiger partial charge on any atom is -0.478 e. The molecule has 5 rings (SSSR count). The van der Waals surface area contributed by atoms with Gasteiger partial charge >= 0.3 is 5.97 Å². The molecule has 3 N–H and O–H groups in total. The molecule has 8 heteroatoms. The normalized spacial score (nSPS) is 22.5. The standard InChI is InChI=1S/C33H43N3O5/c1-2-3-19-36-29(37)28(22-32(41)15-5-4-6-16-32)34-31(40)33(36)17-20-35(21-18-33)23-24-7-9-25(10-8-24)26-11-13-27(14-12-26)30(38)39/h7-14,28,41H,2-6,15-23H2,1H3,(H,34,40)(H,38,39)/t28-/m1/s1. The molecule has 2 saturated heterocycles. The van der Waals surface area contributed by atoms with E-state index >= 15 is 0 Å². The van der Waals surface area contributed by atoms with Crippen molar-refractivity contribution >= 4 is 17.8 Å². The third-order valence-corrected chi connectivity index (χ3v) is 9.42. The minimum atomic E-state index is -0.934. The lowest BCUT2D eigenvalue weighted by Crippen LogP contribution is -2.73. The second-order valence-corrected chi connectivity index (χ2v) is 12.2. The second kappa shape index (κ2) is 12.3. The molecule has 8 nitrogen and oxygen atoms in total. The highest BCUT2D eigenvalue weighted by atomic mass is 16.4. The number of likely N-dealkylation sites (tertiary alicyclic amines) is 1. The zero-order valence-electron chi connectivity index (χ0n) is 24.1. The number of piperazine rings is 1. The molecule has 2 aliphatic heterocycles. The highest BCUT2D eigenvalue weighted by Crippen LogP contribution is 2.37. The molecule has 220 valence electrons. The van der Waals surface area contributed by atoms with Crippen molar-refractivity contribution in [1.82, 2.24) is 15.1 Å². The fourth-order valence-corrected chi connectivity index (χ4v) is 6.89. The first-order chi connectivity index (χ1) is 19.7. The van der Waals surface area contributed by atoms with Gasteiger partial charge in [0.05, 0.1) is 11.2 Å². The number of aromatic carboxylic acids is 1. The van der Waals surface area contributed by atoms with Gasteiger partial charge in [0.1, 0.15) is 11.6 Å². The molecule has 41 heavy (non-hydrogen) atoms. The number of aliphatic hydroxyl groups is 1. The molecule has 2 amide bonds. The number of carbonyl (C=O) groups excluding carboxylic acids is 2. The third-order valence-electron chi connectivity index (χ3n) is 9.42. The van der Waals surface area contributed by atoms with E-state index in [0.29, 0.717) is 38.6 Å². The zero-order valence-corrected chi connectivity index (χ0v) is 24.1. The maximum atomic E-state index is 13.8. The first kappa shape index (κ1) is 29.3. The van der Waals surface area contributed by atoms with Gasteiger partial charge in [0.25, 0.3) is 0 Å². The van der Waals surface area contributed by atoms with Crippen LogP contribution in [0.5, 0.6) is 0 Å². The van der Waals surface area contributed by atoms with E-state index in [-0.39, 0.29) is 17.4 Å². The number of rotatable bonds is 9. The number of nitrogens with one attached hydrogen (secondary N) is 1. The Balaban J connectivity index is 1.23. The highest BCUT2D eigenvalue weighted by Gasteiger charge is 2.54. The summed E-state index contributed by atoms with van der Waals surface area (Å²) in [4.78, 5) is 42.8. The summed E-state index contributed by atoms with van der Waals surface area (Å²) in [5.41, 5.74) is 1.75. The lowest BCUT2D eigenvalue weighted by molar-refractivity contribution is -0.163. The van der Waals surface area contributed by atoms with E-state index in [0.717, 1.165) is 62.9 Å². The number of unbranched alkanes of at least 4 members (excludes halogenated alkanes) is 1. The average molecular weight is 562 g/mol. The molecule has 0 radical (unpaired) electrons. The van der Waals surface area contributed by atoms with Gasteiger partial charge in [0.15, 0.2) is 0 Å². The number of carboxylic acids is 1. The van der Waals surface area contributed by atoms with Gasteiger partial charge in [0, 0.05) is 32.6 Å². The molecule has 1 atom stereocenters. The topological polar surface area (TPSA) is 110 Å². The predicted octanol–water partition coefficient (Wildman–Crippen LogP) is 4.60. The van der Waals surface area contributed by atoms with Crippen LogP contribution in [0.25, 0.3) is 11.1 Å². The van der Waals surface area contributed by atoms with Crippen LogP contribution in [0.4, 0.5) is 0 Å². The summed E-state index contributed by atoms with van der Waals surface area (Å²) in [5, 5.41) is 23.3. The lowest BCUT2D eigenvalue weighted by Gasteiger charge is -2.52. The lowest BCUT2D eigenvalue weighted by atomic mass is 9.77. The summed E-state index contributed by atoms with van der Waals surface area (Å²) in [7, 11) is 0. The van der Waals surface area contributed by atoms with Crippen LogP contribution in [0.3, 0.4) is 0 Å². The number of amides is 2. The Morgan fingerprint density at radius 3 is 2.12 bits per heavy atom. The molecule has 2 aromatic rings. The van der Waals surface area contributed by atoms with Gasteiger partial charge in [-0.2, -0.15) is 0 Å². The van der Waals surface area contributed by atoms with E-state index in [1.54, 1.807) is 12.1 Å². The second-order valence-electron chi connectivity index (χ2n) is 12.2. The zero-order chi connectivity index (χ0) is 29.0.